The molecule has 0 bridgehead atoms. The lowest BCUT2D eigenvalue weighted by molar-refractivity contribution is 0.340. The molecule has 1 heterocycles. The van der Waals surface area contributed by atoms with E-state index in [4.69, 9.17) is 15.8 Å². The summed E-state index contributed by atoms with van der Waals surface area (Å²) in [4.78, 5) is 4.31. The molecule has 2 rings (SSSR count). The molecule has 0 saturated carbocycles. The largest absolute Gasteiger partial charge is 0.494 e. The number of pyridine rings is 1. The first kappa shape index (κ1) is 12.9. The van der Waals surface area contributed by atoms with E-state index >= 15 is 0 Å². The zero-order valence-corrected chi connectivity index (χ0v) is 10.6. The number of nitrogens with one attached hydrogen (secondary N) is 1. The van der Waals surface area contributed by atoms with Gasteiger partial charge >= 0.3 is 0 Å². The Labute approximate surface area is 111 Å². The molecule has 0 amide bonds. The van der Waals surface area contributed by atoms with Gasteiger partial charge in [-0.15, -0.1) is 0 Å². The molecule has 2 aromatic rings. The van der Waals surface area contributed by atoms with Gasteiger partial charge in [-0.05, 0) is 43.3 Å². The number of nitrogen functional groups attached to an aromatic ring is 1. The summed E-state index contributed by atoms with van der Waals surface area (Å²) in [5, 5.41) is 8.90. The normalized spacial score (nSPS) is 9.74. The lowest BCUT2D eigenvalue weighted by atomic mass is 10.1. The van der Waals surface area contributed by atoms with Crippen LogP contribution in [0.3, 0.4) is 0 Å². The fourth-order valence-electron chi connectivity index (χ4n) is 1.71. The third-order valence-corrected chi connectivity index (χ3v) is 2.61. The van der Waals surface area contributed by atoms with E-state index in [1.165, 1.54) is 0 Å². The first-order valence-electron chi connectivity index (χ1n) is 5.89. The maximum atomic E-state index is 8.90. The number of nitriles is 1. The molecule has 1 aromatic carbocycles. The van der Waals surface area contributed by atoms with Gasteiger partial charge in [-0.1, -0.05) is 0 Å². The second-order valence-corrected chi connectivity index (χ2v) is 3.81. The van der Waals surface area contributed by atoms with Crippen molar-refractivity contribution in [3.63, 3.8) is 0 Å². The number of nitrogens with zero attached hydrogens (tertiary/aromatic N) is 2. The molecule has 19 heavy (non-hydrogen) atoms. The summed E-state index contributed by atoms with van der Waals surface area (Å²) < 4.78 is 5.38. The average Bonchev–Trinajstić information content (AvgIpc) is 2.47. The fraction of sp³-hybridized carbons (Fsp3) is 0.143. The standard InChI is InChI=1S/C14H14N4O/c1-2-19-12-6-3-10(4-7-12)13-8-5-11(9-15)14(17-13)18-16/h3-8H,2,16H2,1H3,(H,17,18). The van der Waals surface area contributed by atoms with Gasteiger partial charge in [-0.25, -0.2) is 10.8 Å². The van der Waals surface area contributed by atoms with E-state index in [1.54, 1.807) is 12.1 Å². The van der Waals surface area contributed by atoms with E-state index in [-0.39, 0.29) is 0 Å². The second kappa shape index (κ2) is 5.85. The summed E-state index contributed by atoms with van der Waals surface area (Å²) in [5.41, 5.74) is 4.52. The van der Waals surface area contributed by atoms with Crippen LogP contribution in [0, 0.1) is 11.3 Å². The number of benzene rings is 1. The summed E-state index contributed by atoms with van der Waals surface area (Å²) in [6.45, 7) is 2.57. The monoisotopic (exact) mass is 254 g/mol. The van der Waals surface area contributed by atoms with Crippen molar-refractivity contribution >= 4 is 5.82 Å². The summed E-state index contributed by atoms with van der Waals surface area (Å²) in [7, 11) is 0. The zero-order valence-electron chi connectivity index (χ0n) is 10.6. The fourth-order valence-corrected chi connectivity index (χ4v) is 1.71. The highest BCUT2D eigenvalue weighted by molar-refractivity contribution is 5.65. The Hall–Kier alpha value is -2.58. The van der Waals surface area contributed by atoms with Crippen LogP contribution in [-0.4, -0.2) is 11.6 Å². The van der Waals surface area contributed by atoms with Crippen molar-refractivity contribution in [2.75, 3.05) is 12.0 Å². The minimum absolute atomic E-state index is 0.369. The molecule has 0 spiro atoms. The molecule has 5 nitrogen and oxygen atoms in total. The Morgan fingerprint density at radius 3 is 2.58 bits per heavy atom. The Bertz CT molecular complexity index is 602. The van der Waals surface area contributed by atoms with Gasteiger partial charge in [0.15, 0.2) is 5.82 Å². The molecule has 0 saturated heterocycles. The molecule has 0 aliphatic carbocycles. The lowest BCUT2D eigenvalue weighted by Gasteiger charge is -2.07. The van der Waals surface area contributed by atoms with Crippen molar-refractivity contribution in [3.05, 3.63) is 42.0 Å². The number of rotatable bonds is 4. The Kier molecular flexibility index (Phi) is 3.96. The Morgan fingerprint density at radius 2 is 2.00 bits per heavy atom. The van der Waals surface area contributed by atoms with Gasteiger partial charge in [0.2, 0.25) is 0 Å². The van der Waals surface area contributed by atoms with Crippen molar-refractivity contribution in [2.45, 2.75) is 6.92 Å². The van der Waals surface area contributed by atoms with Crippen molar-refractivity contribution in [3.8, 4) is 23.1 Å². The van der Waals surface area contributed by atoms with Crippen LogP contribution in [0.2, 0.25) is 0 Å². The van der Waals surface area contributed by atoms with Crippen molar-refractivity contribution < 1.29 is 4.74 Å². The van der Waals surface area contributed by atoms with Crippen molar-refractivity contribution in [1.82, 2.24) is 4.98 Å². The van der Waals surface area contributed by atoms with E-state index in [1.807, 2.05) is 37.3 Å². The third-order valence-electron chi connectivity index (χ3n) is 2.61. The van der Waals surface area contributed by atoms with Crippen LogP contribution in [0.4, 0.5) is 5.82 Å². The SMILES string of the molecule is CCOc1ccc(-c2ccc(C#N)c(NN)n2)cc1. The maximum absolute atomic E-state index is 8.90. The van der Waals surface area contributed by atoms with Crippen LogP contribution < -0.4 is 16.0 Å². The molecule has 0 unspecified atom stereocenters. The zero-order chi connectivity index (χ0) is 13.7. The van der Waals surface area contributed by atoms with Gasteiger partial charge in [0, 0.05) is 5.56 Å². The lowest BCUT2D eigenvalue weighted by Crippen LogP contribution is -2.10. The van der Waals surface area contributed by atoms with Crippen LogP contribution in [0.5, 0.6) is 5.75 Å². The molecule has 0 radical (unpaired) electrons. The van der Waals surface area contributed by atoms with Gasteiger partial charge in [0.1, 0.15) is 11.8 Å². The number of nitrogens with two attached hydrogens (primary N) is 1. The van der Waals surface area contributed by atoms with Gasteiger partial charge in [-0.3, -0.25) is 0 Å². The molecule has 0 fully saturated rings. The van der Waals surface area contributed by atoms with E-state index in [0.717, 1.165) is 17.0 Å². The molecule has 0 aliphatic heterocycles. The molecule has 1 aromatic heterocycles. The molecule has 5 heteroatoms. The summed E-state index contributed by atoms with van der Waals surface area (Å²) in [5.74, 6) is 6.54. The third kappa shape index (κ3) is 2.81. The quantitative estimate of drug-likeness (QED) is 0.646. The van der Waals surface area contributed by atoms with E-state index in [0.29, 0.717) is 18.0 Å². The second-order valence-electron chi connectivity index (χ2n) is 3.81. The van der Waals surface area contributed by atoms with E-state index in [9.17, 15) is 0 Å². The average molecular weight is 254 g/mol. The van der Waals surface area contributed by atoms with Crippen LogP contribution in [0.15, 0.2) is 36.4 Å². The first-order chi connectivity index (χ1) is 9.28. The summed E-state index contributed by atoms with van der Waals surface area (Å²) in [6, 6.07) is 13.1. The van der Waals surface area contributed by atoms with E-state index in [2.05, 4.69) is 10.4 Å². The first-order valence-corrected chi connectivity index (χ1v) is 5.89. The predicted molar refractivity (Wildman–Crippen MR) is 73.4 cm³/mol. The summed E-state index contributed by atoms with van der Waals surface area (Å²) in [6.07, 6.45) is 0. The topological polar surface area (TPSA) is 84.0 Å². The molecular weight excluding hydrogens is 240 g/mol. The minimum atomic E-state index is 0.369. The summed E-state index contributed by atoms with van der Waals surface area (Å²) >= 11 is 0. The van der Waals surface area contributed by atoms with Crippen molar-refractivity contribution in [1.29, 1.82) is 5.26 Å². The number of anilines is 1. The number of ether oxygens (including phenoxy) is 1. The number of hydrazine groups is 1. The van der Waals surface area contributed by atoms with Crippen LogP contribution in [0.25, 0.3) is 11.3 Å². The van der Waals surface area contributed by atoms with Crippen LogP contribution in [-0.2, 0) is 0 Å². The highest BCUT2D eigenvalue weighted by Gasteiger charge is 2.06. The number of hydrogen-bond donors (Lipinski definition) is 2. The van der Waals surface area contributed by atoms with Crippen LogP contribution in [0.1, 0.15) is 12.5 Å². The molecule has 0 atom stereocenters. The highest BCUT2D eigenvalue weighted by Crippen LogP contribution is 2.23. The molecule has 96 valence electrons. The predicted octanol–water partition coefficient (Wildman–Crippen LogP) is 2.30. The van der Waals surface area contributed by atoms with Gasteiger partial charge in [-0.2, -0.15) is 5.26 Å². The maximum Gasteiger partial charge on any atom is 0.158 e. The smallest absolute Gasteiger partial charge is 0.158 e. The Morgan fingerprint density at radius 1 is 1.26 bits per heavy atom. The van der Waals surface area contributed by atoms with Gasteiger partial charge in [0.05, 0.1) is 17.9 Å². The number of aromatic nitrogens is 1. The molecular formula is C14H14N4O. The molecule has 3 N–H and O–H groups in total. The highest BCUT2D eigenvalue weighted by atomic mass is 16.5. The van der Waals surface area contributed by atoms with Crippen molar-refractivity contribution in [2.24, 2.45) is 5.84 Å². The Balaban J connectivity index is 2.34. The molecule has 0 aliphatic rings. The minimum Gasteiger partial charge on any atom is -0.494 e. The number of hydrogen-bond acceptors (Lipinski definition) is 5. The van der Waals surface area contributed by atoms with Gasteiger partial charge < -0.3 is 10.2 Å². The van der Waals surface area contributed by atoms with Gasteiger partial charge in [0.25, 0.3) is 0 Å². The van der Waals surface area contributed by atoms with E-state index < -0.39 is 0 Å². The van der Waals surface area contributed by atoms with Crippen LogP contribution >= 0.6 is 0 Å².